The number of hydrogen-bond acceptors (Lipinski definition) is 6. The van der Waals surface area contributed by atoms with E-state index < -0.39 is 18.8 Å². The summed E-state index contributed by atoms with van der Waals surface area (Å²) in [5.41, 5.74) is -0.605. The zero-order chi connectivity index (χ0) is 14.0. The second-order valence-electron chi connectivity index (χ2n) is 5.39. The summed E-state index contributed by atoms with van der Waals surface area (Å²) < 4.78 is 18.0. The van der Waals surface area contributed by atoms with Gasteiger partial charge in [-0.1, -0.05) is 20.8 Å². The van der Waals surface area contributed by atoms with Crippen LogP contribution >= 0.6 is 7.14 Å². The van der Waals surface area contributed by atoms with Gasteiger partial charge in [-0.25, -0.2) is 4.68 Å². The van der Waals surface area contributed by atoms with Gasteiger partial charge in [0.25, 0.3) is 5.95 Å². The van der Waals surface area contributed by atoms with Crippen LogP contribution < -0.4 is 5.11 Å². The van der Waals surface area contributed by atoms with Crippen LogP contribution in [0, 0.1) is 0 Å². The lowest BCUT2D eigenvalue weighted by molar-refractivity contribution is -0.259. The molecular weight excluding hydrogens is 255 g/mol. The van der Waals surface area contributed by atoms with Crippen molar-refractivity contribution < 1.29 is 14.4 Å². The first-order chi connectivity index (χ1) is 8.05. The maximum Gasteiger partial charge on any atom is 0.269 e. The Morgan fingerprint density at radius 2 is 2.17 bits per heavy atom. The number of ether oxygens (including phenoxy) is 1. The molecule has 0 aliphatic rings. The highest BCUT2D eigenvalue weighted by Gasteiger charge is 2.10. The first-order valence-corrected chi connectivity index (χ1v) is 8.22. The largest absolute Gasteiger partial charge is 0.594 e. The SMILES string of the molecule is CC(C)(C)OC([O-])=Nc1ncn(CP(C)(C)=O)n1. The fourth-order valence-corrected chi connectivity index (χ4v) is 1.95. The molecule has 0 atom stereocenters. The minimum atomic E-state index is -2.24. The van der Waals surface area contributed by atoms with Crippen LogP contribution in [-0.2, 0) is 15.6 Å². The summed E-state index contributed by atoms with van der Waals surface area (Å²) in [7, 11) is -2.24. The predicted octanol–water partition coefficient (Wildman–Crippen LogP) is 1.02. The van der Waals surface area contributed by atoms with Crippen molar-refractivity contribution in [3.05, 3.63) is 6.33 Å². The Balaban J connectivity index is 2.75. The molecule has 0 fully saturated rings. The minimum Gasteiger partial charge on any atom is -0.594 e. The molecule has 0 bridgehead atoms. The highest BCUT2D eigenvalue weighted by atomic mass is 31.2. The third-order valence-corrected chi connectivity index (χ3v) is 2.57. The van der Waals surface area contributed by atoms with Crippen LogP contribution in [0.2, 0.25) is 0 Å². The quantitative estimate of drug-likeness (QED) is 0.465. The Labute approximate surface area is 106 Å². The van der Waals surface area contributed by atoms with E-state index in [1.807, 2.05) is 0 Å². The number of nitrogens with zero attached hydrogens (tertiary/aromatic N) is 4. The molecular formula is C10H18N4O3P-. The molecule has 1 aromatic heterocycles. The van der Waals surface area contributed by atoms with Gasteiger partial charge in [0.2, 0.25) is 0 Å². The van der Waals surface area contributed by atoms with Gasteiger partial charge in [0.05, 0.1) is 6.29 Å². The van der Waals surface area contributed by atoms with Gasteiger partial charge in [0.15, 0.2) is 6.08 Å². The van der Waals surface area contributed by atoms with Crippen LogP contribution in [0.1, 0.15) is 20.8 Å². The Morgan fingerprint density at radius 1 is 1.56 bits per heavy atom. The van der Waals surface area contributed by atoms with Crippen LogP contribution in [0.4, 0.5) is 5.95 Å². The van der Waals surface area contributed by atoms with E-state index >= 15 is 0 Å². The maximum atomic E-state index is 11.6. The normalized spacial score (nSPS) is 13.7. The summed E-state index contributed by atoms with van der Waals surface area (Å²) >= 11 is 0. The molecule has 0 N–H and O–H groups in total. The van der Waals surface area contributed by atoms with Crippen molar-refractivity contribution in [2.75, 3.05) is 13.3 Å². The van der Waals surface area contributed by atoms with Crippen LogP contribution in [0.5, 0.6) is 0 Å². The molecule has 102 valence electrons. The molecule has 0 aliphatic carbocycles. The van der Waals surface area contributed by atoms with Crippen LogP contribution in [0.25, 0.3) is 0 Å². The van der Waals surface area contributed by atoms with E-state index in [0.29, 0.717) is 0 Å². The van der Waals surface area contributed by atoms with Crippen molar-refractivity contribution in [2.45, 2.75) is 32.7 Å². The predicted molar refractivity (Wildman–Crippen MR) is 67.4 cm³/mol. The zero-order valence-electron chi connectivity index (χ0n) is 11.2. The molecule has 0 radical (unpaired) electrons. The Hall–Kier alpha value is -1.36. The highest BCUT2D eigenvalue weighted by molar-refractivity contribution is 7.61. The molecule has 1 rings (SSSR count). The Kier molecular flexibility index (Phi) is 4.16. The van der Waals surface area contributed by atoms with Crippen molar-refractivity contribution in [3.63, 3.8) is 0 Å². The molecule has 7 nitrogen and oxygen atoms in total. The smallest absolute Gasteiger partial charge is 0.269 e. The van der Waals surface area contributed by atoms with Crippen molar-refractivity contribution >= 4 is 19.2 Å². The monoisotopic (exact) mass is 273 g/mol. The van der Waals surface area contributed by atoms with Crippen molar-refractivity contribution in [1.82, 2.24) is 14.8 Å². The number of aliphatic imine (C=N–C) groups is 1. The summed E-state index contributed by atoms with van der Waals surface area (Å²) in [6, 6.07) is 0. The summed E-state index contributed by atoms with van der Waals surface area (Å²) in [5, 5.41) is 15.3. The van der Waals surface area contributed by atoms with Crippen LogP contribution in [0.15, 0.2) is 11.3 Å². The fourth-order valence-electron chi connectivity index (χ4n) is 1.12. The van der Waals surface area contributed by atoms with Crippen molar-refractivity contribution in [3.8, 4) is 0 Å². The molecule has 0 amide bonds. The lowest BCUT2D eigenvalue weighted by Gasteiger charge is -2.29. The average Bonchev–Trinajstić information content (AvgIpc) is 2.44. The molecule has 0 spiro atoms. The third-order valence-electron chi connectivity index (χ3n) is 1.59. The van der Waals surface area contributed by atoms with Gasteiger partial charge in [0, 0.05) is 5.60 Å². The van der Waals surface area contributed by atoms with Gasteiger partial charge in [0.1, 0.15) is 13.5 Å². The molecule has 0 aromatic carbocycles. The minimum absolute atomic E-state index is 0.0118. The molecule has 1 heterocycles. The van der Waals surface area contributed by atoms with E-state index in [-0.39, 0.29) is 12.2 Å². The standard InChI is InChI=1S/C10H19N4O3P/c1-10(2,3)17-9(15)12-8-11-6-14(13-8)7-18(4,5)16/h6H,7H2,1-5H3,(H,12,13,15)/p-1. The van der Waals surface area contributed by atoms with Gasteiger partial charge in [-0.2, -0.15) is 9.98 Å². The first-order valence-electron chi connectivity index (χ1n) is 5.43. The van der Waals surface area contributed by atoms with Gasteiger partial charge < -0.3 is 14.4 Å². The lowest BCUT2D eigenvalue weighted by atomic mass is 10.2. The van der Waals surface area contributed by atoms with Crippen molar-refractivity contribution in [2.24, 2.45) is 4.99 Å². The van der Waals surface area contributed by atoms with E-state index in [1.165, 1.54) is 11.0 Å². The second kappa shape index (κ2) is 5.10. The molecule has 0 unspecified atom stereocenters. The fraction of sp³-hybridized carbons (Fsp3) is 0.700. The third kappa shape index (κ3) is 5.82. The molecule has 1 aromatic rings. The van der Waals surface area contributed by atoms with E-state index in [0.717, 1.165) is 0 Å². The molecule has 0 aliphatic heterocycles. The van der Waals surface area contributed by atoms with E-state index in [1.54, 1.807) is 34.1 Å². The average molecular weight is 273 g/mol. The van der Waals surface area contributed by atoms with E-state index in [9.17, 15) is 9.67 Å². The van der Waals surface area contributed by atoms with Gasteiger partial charge in [-0.15, -0.1) is 5.10 Å². The number of aromatic nitrogens is 3. The Bertz CT molecular complexity index is 484. The lowest BCUT2D eigenvalue weighted by Crippen LogP contribution is -2.31. The zero-order valence-corrected chi connectivity index (χ0v) is 12.1. The molecule has 8 heteroatoms. The van der Waals surface area contributed by atoms with Crippen molar-refractivity contribution in [1.29, 1.82) is 0 Å². The number of rotatable bonds is 3. The maximum absolute atomic E-state index is 11.6. The molecule has 0 saturated carbocycles. The Morgan fingerprint density at radius 3 is 2.67 bits per heavy atom. The summed E-state index contributed by atoms with van der Waals surface area (Å²) in [5.74, 6) is 0.0118. The van der Waals surface area contributed by atoms with E-state index in [4.69, 9.17) is 4.74 Å². The van der Waals surface area contributed by atoms with Gasteiger partial charge in [-0.05, 0) is 13.3 Å². The summed E-state index contributed by atoms with van der Waals surface area (Å²) in [6.07, 6.45) is 0.920. The summed E-state index contributed by atoms with van der Waals surface area (Å²) in [4.78, 5) is 7.43. The highest BCUT2D eigenvalue weighted by Crippen LogP contribution is 2.37. The number of hydrogen-bond donors (Lipinski definition) is 0. The van der Waals surface area contributed by atoms with Gasteiger partial charge in [-0.3, -0.25) is 0 Å². The molecule has 0 saturated heterocycles. The van der Waals surface area contributed by atoms with Crippen LogP contribution in [-0.4, -0.2) is 39.8 Å². The second-order valence-corrected chi connectivity index (χ2v) is 8.82. The van der Waals surface area contributed by atoms with Crippen LogP contribution in [0.3, 0.4) is 0 Å². The van der Waals surface area contributed by atoms with E-state index in [2.05, 4.69) is 15.1 Å². The van der Waals surface area contributed by atoms with Gasteiger partial charge >= 0.3 is 0 Å². The molecule has 18 heavy (non-hydrogen) atoms. The summed E-state index contributed by atoms with van der Waals surface area (Å²) in [6.45, 7) is 8.55. The topological polar surface area (TPSA) is 92.4 Å². The first kappa shape index (κ1) is 14.7.